The Kier molecular flexibility index (Phi) is 6.46. The van der Waals surface area contributed by atoms with Crippen molar-refractivity contribution in [2.75, 3.05) is 18.0 Å². The molecule has 2 N–H and O–H groups in total. The van der Waals surface area contributed by atoms with Crippen LogP contribution in [0.5, 0.6) is 6.01 Å². The van der Waals surface area contributed by atoms with Gasteiger partial charge in [0.15, 0.2) is 5.76 Å². The van der Waals surface area contributed by atoms with Gasteiger partial charge in [-0.2, -0.15) is 4.98 Å². The summed E-state index contributed by atoms with van der Waals surface area (Å²) in [5.74, 6) is -1.88. The lowest BCUT2D eigenvalue weighted by Gasteiger charge is -2.40. The summed E-state index contributed by atoms with van der Waals surface area (Å²) in [5, 5.41) is 16.6. The molecule has 190 valence electrons. The van der Waals surface area contributed by atoms with Crippen LogP contribution in [0.3, 0.4) is 0 Å². The number of aromatic nitrogens is 3. The Hall–Kier alpha value is -3.76. The van der Waals surface area contributed by atoms with E-state index in [-0.39, 0.29) is 36.2 Å². The Morgan fingerprint density at radius 2 is 2.08 bits per heavy atom. The molecular weight excluding hydrogens is 470 g/mol. The first-order valence-corrected chi connectivity index (χ1v) is 12.1. The summed E-state index contributed by atoms with van der Waals surface area (Å²) in [7, 11) is 0. The van der Waals surface area contributed by atoms with Gasteiger partial charge in [-0.3, -0.25) is 0 Å². The number of carbonyl (C=O) groups is 1. The van der Waals surface area contributed by atoms with Crippen molar-refractivity contribution in [3.8, 4) is 17.3 Å². The number of alkyl halides is 2. The van der Waals surface area contributed by atoms with Gasteiger partial charge in [0.2, 0.25) is 0 Å². The van der Waals surface area contributed by atoms with Crippen LogP contribution in [0.2, 0.25) is 0 Å². The molecule has 1 aromatic carbocycles. The molecule has 36 heavy (non-hydrogen) atoms. The molecule has 11 heteroatoms. The van der Waals surface area contributed by atoms with Crippen molar-refractivity contribution in [3.05, 3.63) is 53.9 Å². The van der Waals surface area contributed by atoms with Crippen molar-refractivity contribution in [2.45, 2.75) is 57.2 Å². The van der Waals surface area contributed by atoms with Gasteiger partial charge in [-0.25, -0.2) is 18.6 Å². The number of aromatic hydroxyl groups is 1. The second-order valence-corrected chi connectivity index (χ2v) is 9.40. The molecule has 2 aromatic heterocycles. The molecule has 0 radical (unpaired) electrons. The second kappa shape index (κ2) is 9.71. The standard InChI is InChI=1S/C25H28F2N6O3/c1-25(26,27)17-5-2-4-16(12-17)21-13-20(36-31-21)14-29-24(35)33(18-7-8-18)19-6-3-11-32(15-19)22-9-10-28-23(34)30-22/h2,4-5,9-10,12-13,18-19H,3,6-8,11,14-15H2,1H3,(H,29,35)(H,28,30,34)/t19-/m1/s1. The van der Waals surface area contributed by atoms with E-state index in [1.165, 1.54) is 18.3 Å². The number of nitrogens with one attached hydrogen (secondary N) is 1. The molecular formula is C25H28F2N6O3. The van der Waals surface area contributed by atoms with E-state index in [1.807, 2.05) is 4.90 Å². The number of piperidine rings is 1. The Labute approximate surface area is 207 Å². The summed E-state index contributed by atoms with van der Waals surface area (Å²) in [6.07, 6.45) is 5.21. The summed E-state index contributed by atoms with van der Waals surface area (Å²) >= 11 is 0. The SMILES string of the molecule is CC(F)(F)c1cccc(-c2cc(CNC(=O)N(C3CC3)[C@@H]3CCCN(c4ccnc(O)n4)C3)on2)c1. The van der Waals surface area contributed by atoms with Gasteiger partial charge in [-0.1, -0.05) is 23.4 Å². The molecule has 3 heterocycles. The van der Waals surface area contributed by atoms with Crippen molar-refractivity contribution in [1.82, 2.24) is 25.3 Å². The summed E-state index contributed by atoms with van der Waals surface area (Å²) in [6.45, 7) is 2.39. The number of amides is 2. The Balaban J connectivity index is 1.23. The minimum Gasteiger partial charge on any atom is -0.479 e. The number of hydrogen-bond acceptors (Lipinski definition) is 7. The number of hydrogen-bond donors (Lipinski definition) is 2. The molecule has 1 aliphatic carbocycles. The first-order chi connectivity index (χ1) is 17.3. The summed E-state index contributed by atoms with van der Waals surface area (Å²) in [5.41, 5.74) is 0.852. The first-order valence-electron chi connectivity index (χ1n) is 12.1. The Bertz CT molecular complexity index is 1230. The van der Waals surface area contributed by atoms with Gasteiger partial charge in [0.05, 0.1) is 12.6 Å². The third kappa shape index (κ3) is 5.39. The van der Waals surface area contributed by atoms with E-state index < -0.39 is 5.92 Å². The number of rotatable bonds is 7. The maximum atomic E-state index is 13.7. The molecule has 2 fully saturated rings. The van der Waals surface area contributed by atoms with Crippen LogP contribution < -0.4 is 10.2 Å². The number of benzene rings is 1. The van der Waals surface area contributed by atoms with Crippen molar-refractivity contribution in [3.63, 3.8) is 0 Å². The molecule has 9 nitrogen and oxygen atoms in total. The quantitative estimate of drug-likeness (QED) is 0.500. The summed E-state index contributed by atoms with van der Waals surface area (Å²) in [6, 6.07) is 9.16. The molecule has 2 aliphatic rings. The smallest absolute Gasteiger partial charge is 0.318 e. The van der Waals surface area contributed by atoms with E-state index in [1.54, 1.807) is 24.3 Å². The van der Waals surface area contributed by atoms with Crippen LogP contribution in [0.4, 0.5) is 19.4 Å². The Morgan fingerprint density at radius 1 is 1.25 bits per heavy atom. The highest BCUT2D eigenvalue weighted by molar-refractivity contribution is 5.75. The van der Waals surface area contributed by atoms with Crippen LogP contribution in [-0.4, -0.2) is 56.3 Å². The highest BCUT2D eigenvalue weighted by Gasteiger charge is 2.39. The van der Waals surface area contributed by atoms with E-state index in [2.05, 4.69) is 25.3 Å². The van der Waals surface area contributed by atoms with Gasteiger partial charge in [0, 0.05) is 49.4 Å². The molecule has 1 saturated heterocycles. The van der Waals surface area contributed by atoms with Gasteiger partial charge in [0.25, 0.3) is 5.92 Å². The zero-order chi connectivity index (χ0) is 25.3. The second-order valence-electron chi connectivity index (χ2n) is 9.40. The molecule has 1 saturated carbocycles. The van der Waals surface area contributed by atoms with Gasteiger partial charge in [-0.05, 0) is 37.8 Å². The lowest BCUT2D eigenvalue weighted by molar-refractivity contribution is 0.0175. The number of carbonyl (C=O) groups excluding carboxylic acids is 1. The topological polar surface area (TPSA) is 108 Å². The number of halogens is 2. The van der Waals surface area contributed by atoms with E-state index in [4.69, 9.17) is 4.52 Å². The van der Waals surface area contributed by atoms with Crippen molar-refractivity contribution >= 4 is 11.8 Å². The lowest BCUT2D eigenvalue weighted by Crippen LogP contribution is -2.54. The van der Waals surface area contributed by atoms with Gasteiger partial charge in [-0.15, -0.1) is 0 Å². The fourth-order valence-electron chi connectivity index (χ4n) is 4.63. The van der Waals surface area contributed by atoms with E-state index >= 15 is 0 Å². The molecule has 3 aromatic rings. The van der Waals surface area contributed by atoms with Gasteiger partial charge >= 0.3 is 12.0 Å². The van der Waals surface area contributed by atoms with Crippen LogP contribution >= 0.6 is 0 Å². The maximum Gasteiger partial charge on any atom is 0.318 e. The number of urea groups is 1. The molecule has 0 spiro atoms. The minimum absolute atomic E-state index is 0.00657. The molecule has 2 amide bonds. The van der Waals surface area contributed by atoms with Crippen LogP contribution in [0.25, 0.3) is 11.3 Å². The van der Waals surface area contributed by atoms with Crippen LogP contribution in [0.15, 0.2) is 47.1 Å². The zero-order valence-corrected chi connectivity index (χ0v) is 19.9. The average molecular weight is 499 g/mol. The minimum atomic E-state index is -2.95. The monoisotopic (exact) mass is 498 g/mol. The highest BCUT2D eigenvalue weighted by Crippen LogP contribution is 2.33. The number of anilines is 1. The average Bonchev–Trinajstić information content (AvgIpc) is 3.58. The summed E-state index contributed by atoms with van der Waals surface area (Å²) in [4.78, 5) is 25.0. The molecule has 5 rings (SSSR count). The fraction of sp³-hybridized carbons (Fsp3) is 0.440. The predicted molar refractivity (Wildman–Crippen MR) is 128 cm³/mol. The fourth-order valence-corrected chi connectivity index (χ4v) is 4.63. The van der Waals surface area contributed by atoms with Crippen molar-refractivity contribution in [1.29, 1.82) is 0 Å². The van der Waals surface area contributed by atoms with E-state index in [0.29, 0.717) is 29.4 Å². The molecule has 0 unspecified atom stereocenters. The molecule has 0 bridgehead atoms. The number of nitrogens with zero attached hydrogens (tertiary/aromatic N) is 5. The van der Waals surface area contributed by atoms with Crippen molar-refractivity contribution in [2.24, 2.45) is 0 Å². The van der Waals surface area contributed by atoms with E-state index in [0.717, 1.165) is 39.2 Å². The van der Waals surface area contributed by atoms with Crippen molar-refractivity contribution < 1.29 is 23.2 Å². The zero-order valence-electron chi connectivity index (χ0n) is 19.9. The van der Waals surface area contributed by atoms with Crippen LogP contribution in [0, 0.1) is 0 Å². The van der Waals surface area contributed by atoms with Gasteiger partial charge < -0.3 is 24.7 Å². The van der Waals surface area contributed by atoms with E-state index in [9.17, 15) is 18.7 Å². The third-order valence-corrected chi connectivity index (χ3v) is 6.55. The van der Waals surface area contributed by atoms with Crippen LogP contribution in [-0.2, 0) is 12.5 Å². The molecule has 1 atom stereocenters. The Morgan fingerprint density at radius 3 is 2.83 bits per heavy atom. The first kappa shape index (κ1) is 24.0. The lowest BCUT2D eigenvalue weighted by atomic mass is 10.0. The van der Waals surface area contributed by atoms with Crippen LogP contribution in [0.1, 0.15) is 43.9 Å². The molecule has 1 aliphatic heterocycles. The highest BCUT2D eigenvalue weighted by atomic mass is 19.3. The largest absolute Gasteiger partial charge is 0.479 e. The maximum absolute atomic E-state index is 13.7. The third-order valence-electron chi connectivity index (χ3n) is 6.55. The predicted octanol–water partition coefficient (Wildman–Crippen LogP) is 4.29. The summed E-state index contributed by atoms with van der Waals surface area (Å²) < 4.78 is 32.7. The van der Waals surface area contributed by atoms with Gasteiger partial charge in [0.1, 0.15) is 11.5 Å². The normalized spacial score (nSPS) is 18.2.